The normalized spacial score (nSPS) is 16.0. The first-order chi connectivity index (χ1) is 14.6. The summed E-state index contributed by atoms with van der Waals surface area (Å²) < 4.78 is 16.9. The number of guanidine groups is 1. The zero-order valence-corrected chi connectivity index (χ0v) is 21.1. The fourth-order valence-corrected chi connectivity index (χ4v) is 2.94. The van der Waals surface area contributed by atoms with Crippen LogP contribution in [0.5, 0.6) is 5.75 Å². The quantitative estimate of drug-likeness (QED) is 0.161. The number of ether oxygens (including phenoxy) is 3. The van der Waals surface area contributed by atoms with Gasteiger partial charge in [0.15, 0.2) is 5.96 Å². The van der Waals surface area contributed by atoms with Crippen molar-refractivity contribution >= 4 is 41.5 Å². The highest BCUT2D eigenvalue weighted by Gasteiger charge is 2.14. The summed E-state index contributed by atoms with van der Waals surface area (Å²) in [4.78, 5) is 16.1. The van der Waals surface area contributed by atoms with Crippen molar-refractivity contribution in [2.45, 2.75) is 52.2 Å². The third-order valence-electron chi connectivity index (χ3n) is 4.33. The van der Waals surface area contributed by atoms with E-state index in [1.54, 1.807) is 0 Å². The molecule has 1 unspecified atom stereocenters. The minimum atomic E-state index is -0.112. The number of carbonyl (C=O) groups excluding carboxylic acids is 1. The molecule has 31 heavy (non-hydrogen) atoms. The van der Waals surface area contributed by atoms with Crippen molar-refractivity contribution in [3.05, 3.63) is 24.3 Å². The van der Waals surface area contributed by atoms with Crippen LogP contribution in [0.3, 0.4) is 0 Å². The Hall–Kier alpha value is -1.59. The molecule has 1 fully saturated rings. The summed E-state index contributed by atoms with van der Waals surface area (Å²) in [6.07, 6.45) is 3.41. The molecule has 1 atom stereocenters. The van der Waals surface area contributed by atoms with Crippen LogP contribution in [0.15, 0.2) is 29.3 Å². The third-order valence-corrected chi connectivity index (χ3v) is 4.33. The molecule has 9 heteroatoms. The van der Waals surface area contributed by atoms with E-state index in [-0.39, 0.29) is 48.6 Å². The van der Waals surface area contributed by atoms with Crippen LogP contribution in [0, 0.1) is 0 Å². The van der Waals surface area contributed by atoms with Gasteiger partial charge in [-0.1, -0.05) is 0 Å². The highest BCUT2D eigenvalue weighted by molar-refractivity contribution is 14.0. The maximum absolute atomic E-state index is 11.8. The largest absolute Gasteiger partial charge is 0.491 e. The molecule has 1 saturated heterocycles. The number of likely N-dealkylation sites (N-methyl/N-ethyl adjacent to an activating group) is 1. The zero-order valence-electron chi connectivity index (χ0n) is 18.8. The van der Waals surface area contributed by atoms with Gasteiger partial charge in [-0.25, -0.2) is 4.99 Å². The zero-order chi connectivity index (χ0) is 21.6. The number of amides is 1. The van der Waals surface area contributed by atoms with Crippen LogP contribution >= 0.6 is 24.0 Å². The number of benzene rings is 1. The molecule has 0 spiro atoms. The fourth-order valence-electron chi connectivity index (χ4n) is 2.94. The first kappa shape index (κ1) is 27.4. The number of halogens is 1. The first-order valence-electron chi connectivity index (χ1n) is 10.8. The lowest BCUT2D eigenvalue weighted by molar-refractivity contribution is -0.119. The molecule has 0 bridgehead atoms. The third kappa shape index (κ3) is 12.1. The second-order valence-electron chi connectivity index (χ2n) is 7.42. The van der Waals surface area contributed by atoms with Gasteiger partial charge in [0.2, 0.25) is 5.91 Å². The van der Waals surface area contributed by atoms with E-state index in [1.165, 1.54) is 0 Å². The van der Waals surface area contributed by atoms with E-state index in [4.69, 9.17) is 14.2 Å². The van der Waals surface area contributed by atoms with E-state index in [0.29, 0.717) is 32.3 Å². The molecule has 0 aromatic heterocycles. The number of hydrogen-bond donors (Lipinski definition) is 3. The molecule has 176 valence electrons. The summed E-state index contributed by atoms with van der Waals surface area (Å²) in [5.41, 5.74) is 0.864. The summed E-state index contributed by atoms with van der Waals surface area (Å²) >= 11 is 0. The molecular weight excluding hydrogens is 511 g/mol. The minimum absolute atomic E-state index is 0. The molecule has 1 aliphatic rings. The van der Waals surface area contributed by atoms with Crippen LogP contribution in [0.2, 0.25) is 0 Å². The molecule has 1 aromatic rings. The van der Waals surface area contributed by atoms with Crippen molar-refractivity contribution in [3.63, 3.8) is 0 Å². The van der Waals surface area contributed by atoms with Crippen molar-refractivity contribution < 1.29 is 19.0 Å². The van der Waals surface area contributed by atoms with Crippen LogP contribution in [-0.2, 0) is 14.3 Å². The van der Waals surface area contributed by atoms with Crippen LogP contribution in [0.1, 0.15) is 40.0 Å². The first-order valence-corrected chi connectivity index (χ1v) is 10.8. The summed E-state index contributed by atoms with van der Waals surface area (Å²) in [7, 11) is 0. The van der Waals surface area contributed by atoms with Gasteiger partial charge in [-0.15, -0.1) is 24.0 Å². The lowest BCUT2D eigenvalue weighted by atomic mass is 10.2. The van der Waals surface area contributed by atoms with Crippen LogP contribution in [-0.4, -0.2) is 63.5 Å². The molecule has 1 heterocycles. The number of nitrogens with zero attached hydrogens (tertiary/aromatic N) is 1. The second kappa shape index (κ2) is 16.1. The summed E-state index contributed by atoms with van der Waals surface area (Å²) in [6, 6.07) is 7.66. The van der Waals surface area contributed by atoms with E-state index >= 15 is 0 Å². The molecule has 0 radical (unpaired) electrons. The molecule has 1 amide bonds. The van der Waals surface area contributed by atoms with Gasteiger partial charge in [0.05, 0.1) is 18.8 Å². The Morgan fingerprint density at radius 1 is 1.26 bits per heavy atom. The lowest BCUT2D eigenvalue weighted by Gasteiger charge is -2.14. The standard InChI is InChI=1S/C22H36N4O4.HI/c1-4-23-21(27)15-25-22(24-12-6-13-28-16-20-7-5-14-29-20)26-18-8-10-19(11-9-18)30-17(2)3;/h8-11,17,20H,4-7,12-16H2,1-3H3,(H,23,27)(H2,24,25,26);1H. The van der Waals surface area contributed by atoms with Gasteiger partial charge in [-0.3, -0.25) is 4.79 Å². The topological polar surface area (TPSA) is 93.2 Å². The van der Waals surface area contributed by atoms with Crippen LogP contribution in [0.25, 0.3) is 0 Å². The SMILES string of the molecule is CCNC(=O)CN=C(NCCCOCC1CCCO1)Nc1ccc(OC(C)C)cc1.I. The van der Waals surface area contributed by atoms with E-state index in [9.17, 15) is 4.79 Å². The molecule has 0 saturated carbocycles. The van der Waals surface area contributed by atoms with E-state index in [1.807, 2.05) is 45.0 Å². The van der Waals surface area contributed by atoms with Gasteiger partial charge >= 0.3 is 0 Å². The second-order valence-corrected chi connectivity index (χ2v) is 7.42. The Morgan fingerprint density at radius 3 is 2.68 bits per heavy atom. The van der Waals surface area contributed by atoms with Gasteiger partial charge in [0.25, 0.3) is 0 Å². The Labute approximate surface area is 202 Å². The molecule has 0 aliphatic carbocycles. The highest BCUT2D eigenvalue weighted by atomic mass is 127. The number of aliphatic imine (C=N–C) groups is 1. The van der Waals surface area contributed by atoms with Gasteiger partial charge < -0.3 is 30.2 Å². The Bertz CT molecular complexity index is 649. The van der Waals surface area contributed by atoms with Crippen molar-refractivity contribution in [2.24, 2.45) is 4.99 Å². The number of anilines is 1. The predicted octanol–water partition coefficient (Wildman–Crippen LogP) is 3.17. The van der Waals surface area contributed by atoms with Crippen molar-refractivity contribution in [1.29, 1.82) is 0 Å². The fraction of sp³-hybridized carbons (Fsp3) is 0.636. The molecular formula is C22H37IN4O4. The number of rotatable bonds is 12. The summed E-state index contributed by atoms with van der Waals surface area (Å²) in [6.45, 7) is 9.35. The number of nitrogens with one attached hydrogen (secondary N) is 3. The van der Waals surface area contributed by atoms with Crippen molar-refractivity contribution in [3.8, 4) is 5.75 Å². The van der Waals surface area contributed by atoms with Gasteiger partial charge in [0.1, 0.15) is 12.3 Å². The summed E-state index contributed by atoms with van der Waals surface area (Å²) in [5, 5.41) is 9.24. The minimum Gasteiger partial charge on any atom is -0.491 e. The summed E-state index contributed by atoms with van der Waals surface area (Å²) in [5.74, 6) is 1.25. The van der Waals surface area contributed by atoms with Crippen molar-refractivity contribution in [1.82, 2.24) is 10.6 Å². The van der Waals surface area contributed by atoms with Crippen LogP contribution < -0.4 is 20.7 Å². The maximum Gasteiger partial charge on any atom is 0.241 e. The average Bonchev–Trinajstić information content (AvgIpc) is 3.23. The van der Waals surface area contributed by atoms with E-state index < -0.39 is 0 Å². The Morgan fingerprint density at radius 2 is 2.03 bits per heavy atom. The molecule has 1 aliphatic heterocycles. The number of hydrogen-bond acceptors (Lipinski definition) is 5. The van der Waals surface area contributed by atoms with Gasteiger partial charge in [-0.05, 0) is 64.3 Å². The number of carbonyl (C=O) groups is 1. The van der Waals surface area contributed by atoms with Gasteiger partial charge in [-0.2, -0.15) is 0 Å². The van der Waals surface area contributed by atoms with Gasteiger partial charge in [0, 0.05) is 32.0 Å². The molecule has 1 aromatic carbocycles. The Balaban J connectivity index is 0.00000480. The molecule has 8 nitrogen and oxygen atoms in total. The smallest absolute Gasteiger partial charge is 0.241 e. The van der Waals surface area contributed by atoms with E-state index in [0.717, 1.165) is 37.3 Å². The highest BCUT2D eigenvalue weighted by Crippen LogP contribution is 2.17. The predicted molar refractivity (Wildman–Crippen MR) is 135 cm³/mol. The maximum atomic E-state index is 11.8. The lowest BCUT2D eigenvalue weighted by Crippen LogP contribution is -2.34. The van der Waals surface area contributed by atoms with Crippen molar-refractivity contribution in [2.75, 3.05) is 44.8 Å². The molecule has 3 N–H and O–H groups in total. The average molecular weight is 548 g/mol. The van der Waals surface area contributed by atoms with E-state index in [2.05, 4.69) is 20.9 Å². The molecule has 2 rings (SSSR count). The monoisotopic (exact) mass is 548 g/mol. The van der Waals surface area contributed by atoms with Crippen LogP contribution in [0.4, 0.5) is 5.69 Å². The Kier molecular flexibility index (Phi) is 14.3.